The van der Waals surface area contributed by atoms with Gasteiger partial charge < -0.3 is 18.8 Å². The monoisotopic (exact) mass is 494 g/mol. The first kappa shape index (κ1) is 22.6. The summed E-state index contributed by atoms with van der Waals surface area (Å²) in [6.45, 7) is 2.63. The molecule has 2 amide bonds. The Bertz CT molecular complexity index is 1300. The van der Waals surface area contributed by atoms with E-state index in [0.717, 1.165) is 21.8 Å². The molecule has 1 aliphatic heterocycles. The minimum absolute atomic E-state index is 0.0337. The van der Waals surface area contributed by atoms with Gasteiger partial charge in [-0.1, -0.05) is 53.7 Å². The zero-order chi connectivity index (χ0) is 23.5. The minimum Gasteiger partial charge on any atom is -0.459 e. The number of piperazine rings is 1. The van der Waals surface area contributed by atoms with Crippen molar-refractivity contribution >= 4 is 46.2 Å². The van der Waals surface area contributed by atoms with E-state index in [0.29, 0.717) is 43.5 Å². The van der Waals surface area contributed by atoms with E-state index in [2.05, 4.69) is 16.7 Å². The number of halogens is 1. The summed E-state index contributed by atoms with van der Waals surface area (Å²) in [4.78, 5) is 33.7. The van der Waals surface area contributed by atoms with Gasteiger partial charge in [0, 0.05) is 31.2 Å². The molecule has 0 aliphatic carbocycles. The summed E-state index contributed by atoms with van der Waals surface area (Å²) < 4.78 is 7.33. The van der Waals surface area contributed by atoms with Crippen LogP contribution in [0.2, 0.25) is 5.02 Å². The van der Waals surface area contributed by atoms with Crippen LogP contribution in [-0.2, 0) is 11.3 Å². The maximum absolute atomic E-state index is 12.9. The van der Waals surface area contributed by atoms with E-state index < -0.39 is 0 Å². The normalized spacial score (nSPS) is 14.0. The Kier molecular flexibility index (Phi) is 6.60. The van der Waals surface area contributed by atoms with Crippen LogP contribution < -0.4 is 0 Å². The molecule has 0 unspecified atom stereocenters. The molecule has 0 N–H and O–H groups in total. The molecule has 1 fully saturated rings. The van der Waals surface area contributed by atoms with Gasteiger partial charge in [0.2, 0.25) is 5.91 Å². The van der Waals surface area contributed by atoms with Gasteiger partial charge in [0.15, 0.2) is 10.9 Å². The fraction of sp³-hybridized carbons (Fsp3) is 0.240. The predicted molar refractivity (Wildman–Crippen MR) is 132 cm³/mol. The van der Waals surface area contributed by atoms with Crippen molar-refractivity contribution in [2.24, 2.45) is 0 Å². The van der Waals surface area contributed by atoms with Crippen LogP contribution >= 0.6 is 23.4 Å². The van der Waals surface area contributed by atoms with Crippen LogP contribution in [0.25, 0.3) is 11.0 Å². The second kappa shape index (κ2) is 9.95. The maximum Gasteiger partial charge on any atom is 0.289 e. The first-order valence-electron chi connectivity index (χ1n) is 11.0. The van der Waals surface area contributed by atoms with Gasteiger partial charge in [-0.05, 0) is 35.9 Å². The van der Waals surface area contributed by atoms with Crippen molar-refractivity contribution in [3.8, 4) is 0 Å². The maximum atomic E-state index is 12.9. The molecule has 4 aromatic rings. The highest BCUT2D eigenvalue weighted by molar-refractivity contribution is 7.99. The molecule has 34 heavy (non-hydrogen) atoms. The Morgan fingerprint density at radius 2 is 1.74 bits per heavy atom. The highest BCUT2D eigenvalue weighted by Crippen LogP contribution is 2.27. The van der Waals surface area contributed by atoms with Crippen molar-refractivity contribution in [1.29, 1.82) is 0 Å². The number of hydrogen-bond acceptors (Lipinski definition) is 5. The zero-order valence-electron chi connectivity index (χ0n) is 18.4. The standard InChI is InChI=1S/C25H23ClN4O3S/c26-19-8-9-21-20(15-19)27-25(30(21)16-18-5-2-1-3-6-18)34-17-23(31)28-10-12-29(13-11-28)24(32)22-7-4-14-33-22/h1-9,14-15H,10-13,16-17H2. The lowest BCUT2D eigenvalue weighted by Gasteiger charge is -2.34. The van der Waals surface area contributed by atoms with Crippen molar-refractivity contribution in [1.82, 2.24) is 19.4 Å². The quantitative estimate of drug-likeness (QED) is 0.371. The highest BCUT2D eigenvalue weighted by atomic mass is 35.5. The number of imidazole rings is 1. The second-order valence-corrected chi connectivity index (χ2v) is 9.42. The summed E-state index contributed by atoms with van der Waals surface area (Å²) >= 11 is 7.61. The van der Waals surface area contributed by atoms with Gasteiger partial charge >= 0.3 is 0 Å². The summed E-state index contributed by atoms with van der Waals surface area (Å²) in [5, 5.41) is 1.41. The fourth-order valence-electron chi connectivity index (χ4n) is 4.04. The smallest absolute Gasteiger partial charge is 0.289 e. The average Bonchev–Trinajstić information content (AvgIpc) is 3.51. The summed E-state index contributed by atoms with van der Waals surface area (Å²) in [5.41, 5.74) is 2.94. The second-order valence-electron chi connectivity index (χ2n) is 8.04. The highest BCUT2D eigenvalue weighted by Gasteiger charge is 2.26. The van der Waals surface area contributed by atoms with Crippen LogP contribution in [-0.4, -0.2) is 63.1 Å². The van der Waals surface area contributed by atoms with Gasteiger partial charge in [0.05, 0.1) is 29.6 Å². The van der Waals surface area contributed by atoms with Crippen LogP contribution in [0.4, 0.5) is 0 Å². The molecule has 0 spiro atoms. The van der Waals surface area contributed by atoms with Crippen LogP contribution in [0.5, 0.6) is 0 Å². The van der Waals surface area contributed by atoms with Gasteiger partial charge in [-0.25, -0.2) is 4.98 Å². The number of nitrogens with zero attached hydrogens (tertiary/aromatic N) is 4. The Balaban J connectivity index is 1.25. The molecule has 2 aromatic heterocycles. The molecule has 0 atom stereocenters. The zero-order valence-corrected chi connectivity index (χ0v) is 20.0. The van der Waals surface area contributed by atoms with Crippen LogP contribution in [0.1, 0.15) is 16.1 Å². The topological polar surface area (TPSA) is 71.6 Å². The number of fused-ring (bicyclic) bond motifs is 1. The molecule has 174 valence electrons. The van der Waals surface area contributed by atoms with E-state index >= 15 is 0 Å². The van der Waals surface area contributed by atoms with Gasteiger partial charge in [-0.2, -0.15) is 0 Å². The van der Waals surface area contributed by atoms with Crippen LogP contribution in [0.3, 0.4) is 0 Å². The predicted octanol–water partition coefficient (Wildman–Crippen LogP) is 4.41. The first-order chi connectivity index (χ1) is 16.6. The van der Waals surface area contributed by atoms with E-state index in [1.807, 2.05) is 36.4 Å². The lowest BCUT2D eigenvalue weighted by molar-refractivity contribution is -0.129. The number of carbonyl (C=O) groups excluding carboxylic acids is 2. The molecule has 7 nitrogen and oxygen atoms in total. The van der Waals surface area contributed by atoms with Gasteiger partial charge in [0.25, 0.3) is 5.91 Å². The Labute approximate surface area is 206 Å². The van der Waals surface area contributed by atoms with E-state index in [-0.39, 0.29) is 17.6 Å². The van der Waals surface area contributed by atoms with Crippen molar-refractivity contribution in [3.05, 3.63) is 83.3 Å². The SMILES string of the molecule is O=C(CSc1nc2cc(Cl)ccc2n1Cc1ccccc1)N1CCN(C(=O)c2ccco2)CC1. The number of thioether (sulfide) groups is 1. The molecule has 1 aliphatic rings. The van der Waals surface area contributed by atoms with E-state index in [9.17, 15) is 9.59 Å². The van der Waals surface area contributed by atoms with Crippen molar-refractivity contribution in [3.63, 3.8) is 0 Å². The molecular weight excluding hydrogens is 472 g/mol. The molecule has 2 aromatic carbocycles. The largest absolute Gasteiger partial charge is 0.459 e. The average molecular weight is 495 g/mol. The van der Waals surface area contributed by atoms with E-state index in [1.54, 1.807) is 21.9 Å². The molecule has 0 radical (unpaired) electrons. The Morgan fingerprint density at radius 1 is 0.971 bits per heavy atom. The molecule has 1 saturated heterocycles. The Morgan fingerprint density at radius 3 is 2.47 bits per heavy atom. The molecule has 0 saturated carbocycles. The Hall–Kier alpha value is -3.23. The minimum atomic E-state index is -0.139. The number of aromatic nitrogens is 2. The number of rotatable bonds is 6. The number of benzene rings is 2. The summed E-state index contributed by atoms with van der Waals surface area (Å²) in [6, 6.07) is 19.2. The molecule has 9 heteroatoms. The number of furan rings is 1. The summed E-state index contributed by atoms with van der Waals surface area (Å²) in [7, 11) is 0. The molecule has 0 bridgehead atoms. The van der Waals surface area contributed by atoms with Crippen molar-refractivity contribution < 1.29 is 14.0 Å². The third kappa shape index (κ3) is 4.83. The van der Waals surface area contributed by atoms with Gasteiger partial charge in [-0.3, -0.25) is 9.59 Å². The van der Waals surface area contributed by atoms with Crippen LogP contribution in [0.15, 0.2) is 76.5 Å². The van der Waals surface area contributed by atoms with Crippen LogP contribution in [0, 0.1) is 0 Å². The number of hydrogen-bond donors (Lipinski definition) is 0. The lowest BCUT2D eigenvalue weighted by Crippen LogP contribution is -2.51. The summed E-state index contributed by atoms with van der Waals surface area (Å²) in [5.74, 6) is 0.497. The molecule has 5 rings (SSSR count). The summed E-state index contributed by atoms with van der Waals surface area (Å²) in [6.07, 6.45) is 1.49. The van der Waals surface area contributed by atoms with Gasteiger partial charge in [0.1, 0.15) is 0 Å². The first-order valence-corrected chi connectivity index (χ1v) is 12.4. The van der Waals surface area contributed by atoms with Gasteiger partial charge in [-0.15, -0.1) is 0 Å². The lowest BCUT2D eigenvalue weighted by atomic mass is 10.2. The number of amides is 2. The molecule has 3 heterocycles. The fourth-order valence-corrected chi connectivity index (χ4v) is 5.13. The van der Waals surface area contributed by atoms with E-state index in [1.165, 1.54) is 18.0 Å². The van der Waals surface area contributed by atoms with E-state index in [4.69, 9.17) is 21.0 Å². The number of carbonyl (C=O) groups is 2. The third-order valence-corrected chi connectivity index (χ3v) is 7.03. The van der Waals surface area contributed by atoms with Crippen molar-refractivity contribution in [2.45, 2.75) is 11.7 Å². The third-order valence-electron chi connectivity index (χ3n) is 5.84. The molecular formula is C25H23ClN4O3S. The van der Waals surface area contributed by atoms with Crippen molar-refractivity contribution in [2.75, 3.05) is 31.9 Å².